The number of carbonyl (C=O) groups is 1. The Hall–Kier alpha value is -1.63. The van der Waals surface area contributed by atoms with Gasteiger partial charge in [-0.25, -0.2) is 9.50 Å². The average molecular weight is 331 g/mol. The van der Waals surface area contributed by atoms with E-state index >= 15 is 0 Å². The zero-order valence-corrected chi connectivity index (χ0v) is 14.3. The van der Waals surface area contributed by atoms with Crippen LogP contribution in [0.1, 0.15) is 37.1 Å². The summed E-state index contributed by atoms with van der Waals surface area (Å²) in [5.74, 6) is 2.50. The molecule has 0 aliphatic heterocycles. The lowest BCUT2D eigenvalue weighted by molar-refractivity contribution is -0.119. The number of rotatable bonds is 6. The molecule has 0 radical (unpaired) electrons. The summed E-state index contributed by atoms with van der Waals surface area (Å²) in [5.41, 5.74) is 1.92. The summed E-state index contributed by atoms with van der Waals surface area (Å²) in [7, 11) is 0. The summed E-state index contributed by atoms with van der Waals surface area (Å²) in [6, 6.07) is 2.38. The molecule has 0 saturated heterocycles. The SMILES string of the molecule is Cc1cc(C)n2nc(SCC(=O)NC(C3CC3)C3CC3)nc2n1. The third kappa shape index (κ3) is 3.34. The van der Waals surface area contributed by atoms with Crippen LogP contribution in [0.4, 0.5) is 0 Å². The van der Waals surface area contributed by atoms with Crippen molar-refractivity contribution in [3.63, 3.8) is 0 Å². The quantitative estimate of drug-likeness (QED) is 0.821. The van der Waals surface area contributed by atoms with Crippen molar-refractivity contribution in [2.75, 3.05) is 5.75 Å². The number of nitrogens with one attached hydrogen (secondary N) is 1. The summed E-state index contributed by atoms with van der Waals surface area (Å²) in [4.78, 5) is 21.0. The van der Waals surface area contributed by atoms with Crippen molar-refractivity contribution in [2.24, 2.45) is 11.8 Å². The van der Waals surface area contributed by atoms with Gasteiger partial charge < -0.3 is 5.32 Å². The highest BCUT2D eigenvalue weighted by Crippen LogP contribution is 2.44. The van der Waals surface area contributed by atoms with Crippen LogP contribution in [0, 0.1) is 25.7 Å². The van der Waals surface area contributed by atoms with Crippen LogP contribution in [0.5, 0.6) is 0 Å². The standard InChI is InChI=1S/C16H21N5OS/c1-9-7-10(2)21-15(17-9)19-16(20-21)23-8-13(22)18-14(11-3-4-11)12-5-6-12/h7,11-12,14H,3-6,8H2,1-2H3,(H,18,22). The Kier molecular flexibility index (Phi) is 3.75. The van der Waals surface area contributed by atoms with E-state index in [4.69, 9.17) is 0 Å². The van der Waals surface area contributed by atoms with E-state index in [9.17, 15) is 4.79 Å². The Morgan fingerprint density at radius 3 is 2.65 bits per heavy atom. The highest BCUT2D eigenvalue weighted by molar-refractivity contribution is 7.99. The van der Waals surface area contributed by atoms with Crippen LogP contribution in [-0.2, 0) is 4.79 Å². The summed E-state index contributed by atoms with van der Waals surface area (Å²) in [6.45, 7) is 3.92. The average Bonchev–Trinajstić information content (AvgIpc) is 3.40. The fourth-order valence-electron chi connectivity index (χ4n) is 3.10. The van der Waals surface area contributed by atoms with Crippen LogP contribution in [0.2, 0.25) is 0 Å². The summed E-state index contributed by atoms with van der Waals surface area (Å²) in [5, 5.41) is 8.26. The molecule has 6 nitrogen and oxygen atoms in total. The Balaban J connectivity index is 1.38. The van der Waals surface area contributed by atoms with Gasteiger partial charge in [0.2, 0.25) is 11.1 Å². The highest BCUT2D eigenvalue weighted by Gasteiger charge is 2.42. The molecule has 0 spiro atoms. The molecular formula is C16H21N5OS. The number of thioether (sulfide) groups is 1. The minimum Gasteiger partial charge on any atom is -0.352 e. The number of fused-ring (bicyclic) bond motifs is 1. The molecule has 2 aliphatic rings. The number of hydrogen-bond donors (Lipinski definition) is 1. The zero-order valence-electron chi connectivity index (χ0n) is 13.5. The first kappa shape index (κ1) is 14.9. The topological polar surface area (TPSA) is 72.2 Å². The monoisotopic (exact) mass is 331 g/mol. The van der Waals surface area contributed by atoms with Gasteiger partial charge in [-0.05, 0) is 57.4 Å². The molecule has 7 heteroatoms. The largest absolute Gasteiger partial charge is 0.352 e. The van der Waals surface area contributed by atoms with Gasteiger partial charge in [-0.2, -0.15) is 4.98 Å². The maximum atomic E-state index is 12.2. The van der Waals surface area contributed by atoms with E-state index in [1.54, 1.807) is 4.52 Å². The smallest absolute Gasteiger partial charge is 0.253 e. The maximum Gasteiger partial charge on any atom is 0.253 e. The van der Waals surface area contributed by atoms with E-state index in [-0.39, 0.29) is 5.91 Å². The molecule has 0 unspecified atom stereocenters. The van der Waals surface area contributed by atoms with E-state index in [0.29, 0.717) is 22.7 Å². The van der Waals surface area contributed by atoms with E-state index in [1.807, 2.05) is 19.9 Å². The molecule has 2 aromatic rings. The second kappa shape index (κ2) is 5.78. The molecule has 0 bridgehead atoms. The number of amides is 1. The van der Waals surface area contributed by atoms with Crippen molar-refractivity contribution >= 4 is 23.4 Å². The number of carbonyl (C=O) groups excluding carboxylic acids is 1. The fraction of sp³-hybridized carbons (Fsp3) is 0.625. The predicted molar refractivity (Wildman–Crippen MR) is 88.4 cm³/mol. The van der Waals surface area contributed by atoms with Crippen molar-refractivity contribution in [1.82, 2.24) is 24.9 Å². The van der Waals surface area contributed by atoms with Gasteiger partial charge in [0.25, 0.3) is 5.78 Å². The van der Waals surface area contributed by atoms with E-state index < -0.39 is 0 Å². The molecule has 0 aromatic carbocycles. The first-order valence-corrected chi connectivity index (χ1v) is 9.22. The normalized spacial score (nSPS) is 17.9. The van der Waals surface area contributed by atoms with Crippen molar-refractivity contribution in [1.29, 1.82) is 0 Å². The van der Waals surface area contributed by atoms with Crippen molar-refractivity contribution in [3.8, 4) is 0 Å². The lowest BCUT2D eigenvalue weighted by Crippen LogP contribution is -2.39. The Labute approximate surface area is 139 Å². The molecule has 1 amide bonds. The number of aromatic nitrogens is 4. The highest BCUT2D eigenvalue weighted by atomic mass is 32.2. The molecule has 4 rings (SSSR count). The van der Waals surface area contributed by atoms with Gasteiger partial charge in [-0.1, -0.05) is 11.8 Å². The lowest BCUT2D eigenvalue weighted by Gasteiger charge is -2.17. The fourth-order valence-corrected chi connectivity index (χ4v) is 3.73. The van der Waals surface area contributed by atoms with Crippen LogP contribution in [0.15, 0.2) is 11.2 Å². The second-order valence-electron chi connectivity index (χ2n) is 6.70. The molecule has 2 aliphatic carbocycles. The second-order valence-corrected chi connectivity index (χ2v) is 7.64. The Morgan fingerprint density at radius 2 is 2.00 bits per heavy atom. The van der Waals surface area contributed by atoms with Gasteiger partial charge in [0.1, 0.15) is 0 Å². The molecule has 2 fully saturated rings. The Bertz CT molecular complexity index is 738. The van der Waals surface area contributed by atoms with Gasteiger partial charge in [0, 0.05) is 17.4 Å². The van der Waals surface area contributed by atoms with Crippen LogP contribution < -0.4 is 5.32 Å². The summed E-state index contributed by atoms with van der Waals surface area (Å²) in [6.07, 6.45) is 5.08. The van der Waals surface area contributed by atoms with E-state index in [0.717, 1.165) is 23.2 Å². The zero-order chi connectivity index (χ0) is 16.0. The van der Waals surface area contributed by atoms with Crippen molar-refractivity contribution in [2.45, 2.75) is 50.7 Å². The van der Waals surface area contributed by atoms with Gasteiger partial charge in [-0.3, -0.25) is 4.79 Å². The van der Waals surface area contributed by atoms with E-state index in [1.165, 1.54) is 37.4 Å². The predicted octanol–water partition coefficient (Wildman–Crippen LogP) is 2.14. The molecule has 122 valence electrons. The Morgan fingerprint density at radius 1 is 1.30 bits per heavy atom. The van der Waals surface area contributed by atoms with Crippen LogP contribution >= 0.6 is 11.8 Å². The van der Waals surface area contributed by atoms with Gasteiger partial charge >= 0.3 is 0 Å². The van der Waals surface area contributed by atoms with Crippen LogP contribution in [-0.4, -0.2) is 37.3 Å². The summed E-state index contributed by atoms with van der Waals surface area (Å²) < 4.78 is 1.73. The van der Waals surface area contributed by atoms with Gasteiger partial charge in [0.15, 0.2) is 0 Å². The van der Waals surface area contributed by atoms with Crippen molar-refractivity contribution in [3.05, 3.63) is 17.5 Å². The first-order chi connectivity index (χ1) is 11.1. The minimum absolute atomic E-state index is 0.0958. The number of aryl methyl sites for hydroxylation is 2. The first-order valence-electron chi connectivity index (χ1n) is 8.23. The molecule has 23 heavy (non-hydrogen) atoms. The molecule has 2 saturated carbocycles. The van der Waals surface area contributed by atoms with E-state index in [2.05, 4.69) is 20.4 Å². The summed E-state index contributed by atoms with van der Waals surface area (Å²) >= 11 is 1.38. The maximum absolute atomic E-state index is 12.2. The number of nitrogens with zero attached hydrogens (tertiary/aromatic N) is 4. The minimum atomic E-state index is 0.0958. The lowest BCUT2D eigenvalue weighted by atomic mass is 10.1. The van der Waals surface area contributed by atoms with Gasteiger partial charge in [0.05, 0.1) is 5.75 Å². The molecule has 2 heterocycles. The van der Waals surface area contributed by atoms with Crippen LogP contribution in [0.25, 0.3) is 5.78 Å². The third-order valence-electron chi connectivity index (χ3n) is 4.52. The molecule has 2 aromatic heterocycles. The third-order valence-corrected chi connectivity index (χ3v) is 5.36. The van der Waals surface area contributed by atoms with Gasteiger partial charge in [-0.15, -0.1) is 5.10 Å². The van der Waals surface area contributed by atoms with Crippen LogP contribution in [0.3, 0.4) is 0 Å². The van der Waals surface area contributed by atoms with Crippen molar-refractivity contribution < 1.29 is 4.79 Å². The molecule has 0 atom stereocenters. The number of hydrogen-bond acceptors (Lipinski definition) is 5. The molecule has 1 N–H and O–H groups in total. The molecular weight excluding hydrogens is 310 g/mol.